The third kappa shape index (κ3) is 2.46. The lowest BCUT2D eigenvalue weighted by atomic mass is 10.1. The Morgan fingerprint density at radius 2 is 2.27 bits per heavy atom. The number of aliphatic hydroxyl groups is 1. The minimum Gasteiger partial charge on any atom is -0.387 e. The van der Waals surface area contributed by atoms with Crippen LogP contribution in [-0.2, 0) is 0 Å². The molecular weight excluding hydrogens is 138 g/mol. The van der Waals surface area contributed by atoms with Crippen LogP contribution in [-0.4, -0.2) is 42.4 Å². The van der Waals surface area contributed by atoms with Crippen LogP contribution in [0, 0.1) is 0 Å². The molecule has 0 aromatic heterocycles. The van der Waals surface area contributed by atoms with Crippen molar-refractivity contribution >= 4 is 0 Å². The van der Waals surface area contributed by atoms with Crippen LogP contribution in [0.3, 0.4) is 0 Å². The van der Waals surface area contributed by atoms with E-state index in [9.17, 15) is 5.11 Å². The third-order valence-corrected chi connectivity index (χ3v) is 2.65. The highest BCUT2D eigenvalue weighted by atomic mass is 16.3. The van der Waals surface area contributed by atoms with E-state index >= 15 is 0 Å². The largest absolute Gasteiger partial charge is 0.387 e. The van der Waals surface area contributed by atoms with Crippen LogP contribution in [0.15, 0.2) is 0 Å². The molecule has 0 radical (unpaired) electrons. The van der Waals surface area contributed by atoms with Crippen molar-refractivity contribution in [2.75, 3.05) is 26.7 Å². The molecule has 1 aliphatic heterocycles. The van der Waals surface area contributed by atoms with Crippen LogP contribution in [0.4, 0.5) is 0 Å². The monoisotopic (exact) mass is 158 g/mol. The van der Waals surface area contributed by atoms with Gasteiger partial charge in [-0.3, -0.25) is 0 Å². The van der Waals surface area contributed by atoms with Gasteiger partial charge in [0.25, 0.3) is 0 Å². The van der Waals surface area contributed by atoms with E-state index in [1.807, 2.05) is 0 Å². The summed E-state index contributed by atoms with van der Waals surface area (Å²) in [6.45, 7) is 5.65. The van der Waals surface area contributed by atoms with Gasteiger partial charge in [-0.1, -0.05) is 6.92 Å². The maximum absolute atomic E-state index is 9.46. The number of hydrogen-bond acceptors (Lipinski definition) is 1. The van der Waals surface area contributed by atoms with Crippen molar-refractivity contribution < 1.29 is 9.59 Å². The summed E-state index contributed by atoms with van der Waals surface area (Å²) in [5.74, 6) is 0. The highest BCUT2D eigenvalue weighted by Gasteiger charge is 2.28. The van der Waals surface area contributed by atoms with Gasteiger partial charge in [0.1, 0.15) is 12.6 Å². The molecule has 0 aliphatic carbocycles. The van der Waals surface area contributed by atoms with Gasteiger partial charge in [0.05, 0.1) is 20.1 Å². The second-order valence-corrected chi connectivity index (χ2v) is 4.05. The molecule has 1 rings (SSSR count). The van der Waals surface area contributed by atoms with Crippen molar-refractivity contribution in [3.63, 3.8) is 0 Å². The summed E-state index contributed by atoms with van der Waals surface area (Å²) in [7, 11) is 2.26. The lowest BCUT2D eigenvalue weighted by molar-refractivity contribution is -0.917. The Morgan fingerprint density at radius 3 is 2.82 bits per heavy atom. The zero-order valence-corrected chi connectivity index (χ0v) is 7.71. The highest BCUT2D eigenvalue weighted by Crippen LogP contribution is 2.16. The summed E-state index contributed by atoms with van der Waals surface area (Å²) in [6, 6.07) is 0. The van der Waals surface area contributed by atoms with Crippen molar-refractivity contribution in [2.24, 2.45) is 0 Å². The minimum atomic E-state index is -0.0414. The standard InChI is InChI=1S/C9H20NO/c1-3-6-10(2)7-4-5-9(11)8-10/h9,11H,3-8H2,1-2H3/q+1. The molecule has 0 aromatic rings. The fourth-order valence-electron chi connectivity index (χ4n) is 2.14. The minimum absolute atomic E-state index is 0.0414. The lowest BCUT2D eigenvalue weighted by Crippen LogP contribution is -2.53. The van der Waals surface area contributed by atoms with Crippen LogP contribution in [0.25, 0.3) is 0 Å². The first-order valence-electron chi connectivity index (χ1n) is 4.68. The van der Waals surface area contributed by atoms with Crippen molar-refractivity contribution in [1.82, 2.24) is 0 Å². The van der Waals surface area contributed by atoms with Crippen molar-refractivity contribution in [1.29, 1.82) is 0 Å². The van der Waals surface area contributed by atoms with Gasteiger partial charge in [-0.05, 0) is 19.3 Å². The molecular formula is C9H20NO+. The molecule has 1 N–H and O–H groups in total. The number of aliphatic hydroxyl groups excluding tert-OH is 1. The molecule has 0 saturated carbocycles. The van der Waals surface area contributed by atoms with Crippen LogP contribution in [0.2, 0.25) is 0 Å². The SMILES string of the molecule is CCC[N+]1(C)CCCC(O)C1. The molecule has 0 aromatic carbocycles. The normalized spacial score (nSPS) is 39.0. The smallest absolute Gasteiger partial charge is 0.105 e. The molecule has 2 heteroatoms. The Balaban J connectivity index is 2.41. The predicted octanol–water partition coefficient (Wildman–Crippen LogP) is 0.998. The van der Waals surface area contributed by atoms with Crippen molar-refractivity contribution in [3.05, 3.63) is 0 Å². The predicted molar refractivity (Wildman–Crippen MR) is 46.3 cm³/mol. The van der Waals surface area contributed by atoms with Gasteiger partial charge in [-0.2, -0.15) is 0 Å². The molecule has 2 unspecified atom stereocenters. The van der Waals surface area contributed by atoms with E-state index in [-0.39, 0.29) is 6.10 Å². The van der Waals surface area contributed by atoms with Gasteiger partial charge in [0.2, 0.25) is 0 Å². The third-order valence-electron chi connectivity index (χ3n) is 2.65. The van der Waals surface area contributed by atoms with E-state index in [4.69, 9.17) is 0 Å². The molecule has 66 valence electrons. The van der Waals surface area contributed by atoms with E-state index < -0.39 is 0 Å². The van der Waals surface area contributed by atoms with E-state index in [0.29, 0.717) is 0 Å². The Kier molecular flexibility index (Phi) is 2.90. The second kappa shape index (κ2) is 3.55. The number of likely N-dealkylation sites (tertiary alicyclic amines) is 1. The molecule has 1 fully saturated rings. The number of nitrogens with zero attached hydrogens (tertiary/aromatic N) is 1. The number of piperidine rings is 1. The quantitative estimate of drug-likeness (QED) is 0.594. The lowest BCUT2D eigenvalue weighted by Gasteiger charge is -2.39. The van der Waals surface area contributed by atoms with E-state index in [1.165, 1.54) is 25.9 Å². The fraction of sp³-hybridized carbons (Fsp3) is 1.00. The molecule has 2 atom stereocenters. The Bertz CT molecular complexity index is 123. The number of rotatable bonds is 2. The zero-order valence-electron chi connectivity index (χ0n) is 7.71. The summed E-state index contributed by atoms with van der Waals surface area (Å²) in [5, 5.41) is 9.46. The van der Waals surface area contributed by atoms with Crippen molar-refractivity contribution in [2.45, 2.75) is 32.3 Å². The van der Waals surface area contributed by atoms with Crippen LogP contribution >= 0.6 is 0 Å². The van der Waals surface area contributed by atoms with E-state index in [1.54, 1.807) is 0 Å². The number of quaternary nitrogens is 1. The maximum Gasteiger partial charge on any atom is 0.105 e. The Hall–Kier alpha value is -0.0800. The van der Waals surface area contributed by atoms with E-state index in [2.05, 4.69) is 14.0 Å². The van der Waals surface area contributed by atoms with Gasteiger partial charge in [-0.25, -0.2) is 0 Å². The first-order chi connectivity index (χ1) is 5.16. The molecule has 0 spiro atoms. The number of likely N-dealkylation sites (N-methyl/N-ethyl adjacent to an activating group) is 1. The molecule has 1 saturated heterocycles. The summed E-state index contributed by atoms with van der Waals surface area (Å²) < 4.78 is 1.08. The maximum atomic E-state index is 9.46. The topological polar surface area (TPSA) is 20.2 Å². The van der Waals surface area contributed by atoms with Gasteiger partial charge in [-0.15, -0.1) is 0 Å². The van der Waals surface area contributed by atoms with Gasteiger partial charge < -0.3 is 9.59 Å². The summed E-state index contributed by atoms with van der Waals surface area (Å²) >= 11 is 0. The summed E-state index contributed by atoms with van der Waals surface area (Å²) in [4.78, 5) is 0. The summed E-state index contributed by atoms with van der Waals surface area (Å²) in [6.07, 6.45) is 3.39. The molecule has 2 nitrogen and oxygen atoms in total. The fourth-order valence-corrected chi connectivity index (χ4v) is 2.14. The van der Waals surface area contributed by atoms with Gasteiger partial charge in [0.15, 0.2) is 0 Å². The average molecular weight is 158 g/mol. The van der Waals surface area contributed by atoms with Gasteiger partial charge >= 0.3 is 0 Å². The second-order valence-electron chi connectivity index (χ2n) is 4.05. The zero-order chi connectivity index (χ0) is 8.32. The van der Waals surface area contributed by atoms with Crippen LogP contribution < -0.4 is 0 Å². The highest BCUT2D eigenvalue weighted by molar-refractivity contribution is 4.61. The number of hydrogen-bond donors (Lipinski definition) is 1. The summed E-state index contributed by atoms with van der Waals surface area (Å²) in [5.41, 5.74) is 0. The van der Waals surface area contributed by atoms with E-state index in [0.717, 1.165) is 17.4 Å². The first-order valence-corrected chi connectivity index (χ1v) is 4.68. The van der Waals surface area contributed by atoms with Crippen LogP contribution in [0.1, 0.15) is 26.2 Å². The first kappa shape index (κ1) is 9.01. The molecule has 1 aliphatic rings. The molecule has 1 heterocycles. The van der Waals surface area contributed by atoms with Crippen LogP contribution in [0.5, 0.6) is 0 Å². The van der Waals surface area contributed by atoms with Crippen molar-refractivity contribution in [3.8, 4) is 0 Å². The Labute approximate surface area is 69.4 Å². The molecule has 0 bridgehead atoms. The molecule has 11 heavy (non-hydrogen) atoms. The molecule has 0 amide bonds. The Morgan fingerprint density at radius 1 is 1.55 bits per heavy atom. The average Bonchev–Trinajstić information content (AvgIpc) is 1.86. The van der Waals surface area contributed by atoms with Gasteiger partial charge in [0, 0.05) is 0 Å².